The van der Waals surface area contributed by atoms with Crippen molar-refractivity contribution in [1.29, 1.82) is 0 Å². The van der Waals surface area contributed by atoms with Gasteiger partial charge in [-0.1, -0.05) is 12.1 Å². The van der Waals surface area contributed by atoms with Gasteiger partial charge in [-0.2, -0.15) is 0 Å². The molecule has 2 amide bonds. The number of aryl methyl sites for hydroxylation is 1. The standard InChI is InChI=1S/C19H25N3O3S/c1-14-7-8-17(25-14)16(22-9-11-24-12-10-22)13-20-19(23)21-15-5-3-4-6-18(15)26-2/h3-8,16H,9-13H2,1-2H3,(H2,20,21,23). The van der Waals surface area contributed by atoms with Crippen molar-refractivity contribution in [3.05, 3.63) is 47.9 Å². The molecule has 0 saturated carbocycles. The number of thioether (sulfide) groups is 1. The summed E-state index contributed by atoms with van der Waals surface area (Å²) in [6.07, 6.45) is 1.99. The van der Waals surface area contributed by atoms with Crippen LogP contribution < -0.4 is 10.6 Å². The van der Waals surface area contributed by atoms with Crippen LogP contribution in [-0.4, -0.2) is 50.0 Å². The summed E-state index contributed by atoms with van der Waals surface area (Å²) in [6.45, 7) is 5.44. The van der Waals surface area contributed by atoms with E-state index in [2.05, 4.69) is 15.5 Å². The highest BCUT2D eigenvalue weighted by Gasteiger charge is 2.25. The summed E-state index contributed by atoms with van der Waals surface area (Å²) in [5, 5.41) is 5.92. The van der Waals surface area contributed by atoms with Crippen LogP contribution in [0, 0.1) is 6.92 Å². The lowest BCUT2D eigenvalue weighted by Crippen LogP contribution is -2.44. The molecule has 3 rings (SSSR count). The molecule has 1 saturated heterocycles. The summed E-state index contributed by atoms with van der Waals surface area (Å²) >= 11 is 1.60. The lowest BCUT2D eigenvalue weighted by Gasteiger charge is -2.33. The van der Waals surface area contributed by atoms with Crippen molar-refractivity contribution < 1.29 is 13.9 Å². The van der Waals surface area contributed by atoms with E-state index in [1.165, 1.54) is 0 Å². The van der Waals surface area contributed by atoms with Crippen LogP contribution >= 0.6 is 11.8 Å². The number of urea groups is 1. The van der Waals surface area contributed by atoms with Gasteiger partial charge < -0.3 is 19.8 Å². The molecule has 0 radical (unpaired) electrons. The molecule has 140 valence electrons. The Morgan fingerprint density at radius 2 is 2.00 bits per heavy atom. The molecule has 2 N–H and O–H groups in total. The Morgan fingerprint density at radius 1 is 1.23 bits per heavy atom. The number of anilines is 1. The zero-order valence-electron chi connectivity index (χ0n) is 15.2. The number of hydrogen-bond donors (Lipinski definition) is 2. The molecule has 1 aliphatic heterocycles. The average molecular weight is 375 g/mol. The van der Waals surface area contributed by atoms with Crippen LogP contribution in [0.4, 0.5) is 10.5 Å². The van der Waals surface area contributed by atoms with E-state index in [0.29, 0.717) is 19.8 Å². The molecule has 0 aliphatic carbocycles. The average Bonchev–Trinajstić information content (AvgIpc) is 3.09. The first-order valence-electron chi connectivity index (χ1n) is 8.73. The van der Waals surface area contributed by atoms with Crippen molar-refractivity contribution in [2.45, 2.75) is 17.9 Å². The van der Waals surface area contributed by atoms with E-state index in [1.54, 1.807) is 11.8 Å². The third kappa shape index (κ3) is 4.81. The molecular formula is C19H25N3O3S. The predicted octanol–water partition coefficient (Wildman–Crippen LogP) is 3.50. The van der Waals surface area contributed by atoms with Gasteiger partial charge in [0.25, 0.3) is 0 Å². The van der Waals surface area contributed by atoms with Crippen molar-refractivity contribution in [3.8, 4) is 0 Å². The normalized spacial score (nSPS) is 16.2. The number of para-hydroxylation sites is 1. The lowest BCUT2D eigenvalue weighted by atomic mass is 10.1. The summed E-state index contributed by atoms with van der Waals surface area (Å²) in [5.41, 5.74) is 0.814. The van der Waals surface area contributed by atoms with E-state index in [4.69, 9.17) is 9.15 Å². The van der Waals surface area contributed by atoms with Crippen LogP contribution in [0.15, 0.2) is 45.7 Å². The summed E-state index contributed by atoms with van der Waals surface area (Å²) in [4.78, 5) is 15.7. The van der Waals surface area contributed by atoms with Crippen LogP contribution in [0.3, 0.4) is 0 Å². The molecule has 26 heavy (non-hydrogen) atoms. The minimum absolute atomic E-state index is 0.00542. The highest BCUT2D eigenvalue weighted by Crippen LogP contribution is 2.25. The monoisotopic (exact) mass is 375 g/mol. The number of amides is 2. The van der Waals surface area contributed by atoms with Crippen LogP contribution in [-0.2, 0) is 4.74 Å². The van der Waals surface area contributed by atoms with Gasteiger partial charge in [-0.05, 0) is 37.4 Å². The van der Waals surface area contributed by atoms with Gasteiger partial charge in [-0.25, -0.2) is 4.79 Å². The molecule has 0 bridgehead atoms. The molecule has 1 aromatic carbocycles. The number of hydrogen-bond acceptors (Lipinski definition) is 5. The molecule has 1 unspecified atom stereocenters. The maximum absolute atomic E-state index is 12.4. The van der Waals surface area contributed by atoms with Crippen molar-refractivity contribution >= 4 is 23.5 Å². The van der Waals surface area contributed by atoms with Gasteiger partial charge in [0.1, 0.15) is 11.5 Å². The SMILES string of the molecule is CSc1ccccc1NC(=O)NCC(c1ccc(C)o1)N1CCOCC1. The zero-order chi connectivity index (χ0) is 18.4. The molecule has 1 fully saturated rings. The molecule has 0 spiro atoms. The number of rotatable bonds is 6. The van der Waals surface area contributed by atoms with Crippen LogP contribution in [0.2, 0.25) is 0 Å². The molecule has 1 atom stereocenters. The largest absolute Gasteiger partial charge is 0.465 e. The first kappa shape index (κ1) is 18.8. The molecule has 7 heteroatoms. The second-order valence-electron chi connectivity index (χ2n) is 6.15. The van der Waals surface area contributed by atoms with Crippen molar-refractivity contribution in [3.63, 3.8) is 0 Å². The molecule has 6 nitrogen and oxygen atoms in total. The lowest BCUT2D eigenvalue weighted by molar-refractivity contribution is 0.0122. The third-order valence-electron chi connectivity index (χ3n) is 4.39. The Kier molecular flexibility index (Phi) is 6.60. The van der Waals surface area contributed by atoms with Crippen LogP contribution in [0.1, 0.15) is 17.6 Å². The smallest absolute Gasteiger partial charge is 0.319 e. The number of benzene rings is 1. The fourth-order valence-electron chi connectivity index (χ4n) is 3.04. The number of ether oxygens (including phenoxy) is 1. The maximum atomic E-state index is 12.4. The Balaban J connectivity index is 1.64. The summed E-state index contributed by atoms with van der Waals surface area (Å²) in [7, 11) is 0. The number of carbonyl (C=O) groups is 1. The first-order chi connectivity index (χ1) is 12.7. The Labute approximate surface area is 158 Å². The third-order valence-corrected chi connectivity index (χ3v) is 5.18. The second-order valence-corrected chi connectivity index (χ2v) is 7.00. The molecule has 2 aromatic rings. The van der Waals surface area contributed by atoms with E-state index in [1.807, 2.05) is 49.6 Å². The van der Waals surface area contributed by atoms with Gasteiger partial charge in [-0.3, -0.25) is 4.90 Å². The first-order valence-corrected chi connectivity index (χ1v) is 9.96. The van der Waals surface area contributed by atoms with Crippen molar-refractivity contribution in [2.75, 3.05) is 44.4 Å². The van der Waals surface area contributed by atoms with Crippen LogP contribution in [0.5, 0.6) is 0 Å². The summed E-state index contributed by atoms with van der Waals surface area (Å²) in [5.74, 6) is 1.74. The minimum Gasteiger partial charge on any atom is -0.465 e. The van der Waals surface area contributed by atoms with Gasteiger partial charge >= 0.3 is 6.03 Å². The second kappa shape index (κ2) is 9.12. The molecule has 1 aromatic heterocycles. The number of carbonyl (C=O) groups excluding carboxylic acids is 1. The van der Waals surface area contributed by atoms with Gasteiger partial charge in [0.05, 0.1) is 24.9 Å². The Hall–Kier alpha value is -1.96. The predicted molar refractivity (Wildman–Crippen MR) is 104 cm³/mol. The van der Waals surface area contributed by atoms with Crippen LogP contribution in [0.25, 0.3) is 0 Å². The van der Waals surface area contributed by atoms with E-state index in [9.17, 15) is 4.79 Å². The minimum atomic E-state index is -0.215. The highest BCUT2D eigenvalue weighted by molar-refractivity contribution is 7.98. The van der Waals surface area contributed by atoms with Gasteiger partial charge in [0.2, 0.25) is 0 Å². The number of morpholine rings is 1. The molecule has 1 aliphatic rings. The fraction of sp³-hybridized carbons (Fsp3) is 0.421. The molecule has 2 heterocycles. The maximum Gasteiger partial charge on any atom is 0.319 e. The van der Waals surface area contributed by atoms with Crippen molar-refractivity contribution in [2.24, 2.45) is 0 Å². The summed E-state index contributed by atoms with van der Waals surface area (Å²) in [6, 6.07) is 11.5. The quantitative estimate of drug-likeness (QED) is 0.757. The number of furan rings is 1. The Bertz CT molecular complexity index is 728. The summed E-state index contributed by atoms with van der Waals surface area (Å²) < 4.78 is 11.3. The van der Waals surface area contributed by atoms with Gasteiger partial charge in [-0.15, -0.1) is 11.8 Å². The van der Waals surface area contributed by atoms with Gasteiger partial charge in [0, 0.05) is 24.5 Å². The highest BCUT2D eigenvalue weighted by atomic mass is 32.2. The van der Waals surface area contributed by atoms with E-state index < -0.39 is 0 Å². The van der Waals surface area contributed by atoms with Crippen molar-refractivity contribution in [1.82, 2.24) is 10.2 Å². The fourth-order valence-corrected chi connectivity index (χ4v) is 3.59. The van der Waals surface area contributed by atoms with E-state index >= 15 is 0 Å². The topological polar surface area (TPSA) is 66.7 Å². The Morgan fingerprint density at radius 3 is 2.69 bits per heavy atom. The van der Waals surface area contributed by atoms with Gasteiger partial charge in [0.15, 0.2) is 0 Å². The van der Waals surface area contributed by atoms with E-state index in [-0.39, 0.29) is 12.1 Å². The molecular weight excluding hydrogens is 350 g/mol. The van der Waals surface area contributed by atoms with E-state index in [0.717, 1.165) is 35.2 Å². The number of nitrogens with one attached hydrogen (secondary N) is 2. The number of nitrogens with zero attached hydrogens (tertiary/aromatic N) is 1. The zero-order valence-corrected chi connectivity index (χ0v) is 16.0.